The largest absolute Gasteiger partial charge is 0.324 e. The average Bonchev–Trinajstić information content (AvgIpc) is 3.63. The zero-order chi connectivity index (χ0) is 35.6. The van der Waals surface area contributed by atoms with Crippen molar-refractivity contribution in [2.45, 2.75) is 19.5 Å². The summed E-state index contributed by atoms with van der Waals surface area (Å²) >= 11 is 0. The minimum atomic E-state index is -0.343. The van der Waals surface area contributed by atoms with E-state index in [-0.39, 0.29) is 6.17 Å². The Morgan fingerprint density at radius 1 is 0.453 bits per heavy atom. The number of nitrogens with zero attached hydrogens (tertiary/aromatic N) is 4. The highest BCUT2D eigenvalue weighted by molar-refractivity contribution is 6.15. The van der Waals surface area contributed by atoms with Crippen molar-refractivity contribution in [3.63, 3.8) is 0 Å². The molecule has 0 saturated carbocycles. The third-order valence-corrected chi connectivity index (χ3v) is 9.88. The van der Waals surface area contributed by atoms with Crippen molar-refractivity contribution >= 4 is 22.7 Å². The minimum absolute atomic E-state index is 0.343. The van der Waals surface area contributed by atoms with Crippen molar-refractivity contribution in [2.24, 2.45) is 9.98 Å². The number of aromatic nitrogens is 2. The van der Waals surface area contributed by atoms with Crippen molar-refractivity contribution in [2.75, 3.05) is 0 Å². The van der Waals surface area contributed by atoms with E-state index in [4.69, 9.17) is 15.0 Å². The molecule has 5 heteroatoms. The lowest BCUT2D eigenvalue weighted by atomic mass is 9.97. The maximum Gasteiger partial charge on any atom is 0.169 e. The van der Waals surface area contributed by atoms with Crippen LogP contribution in [0.4, 0.5) is 0 Å². The third kappa shape index (κ3) is 6.45. The number of aryl methyl sites for hydroxylation is 1. The summed E-state index contributed by atoms with van der Waals surface area (Å²) in [7, 11) is 0. The Hall–Kier alpha value is -6.85. The monoisotopic (exact) mass is 683 g/mol. The molecule has 9 rings (SSSR count). The molecule has 0 bridgehead atoms. The van der Waals surface area contributed by atoms with Gasteiger partial charge in [0.15, 0.2) is 6.17 Å². The standard InChI is InChI=1S/C48H37N5/c1-2-45-49-43-15-9-10-16-44(43)53(45)42-31-29-38(30-32-42)36-23-21-34(22-24-36)33-17-19-35(20-18-33)37-25-27-41(28-26-37)48-51-46(39-11-5-3-6-12-39)50-47(52-48)40-13-7-4-8-14-40/h3-32,48H,2H2,1H3,(H,50,51,52). The Kier molecular flexibility index (Phi) is 8.50. The summed E-state index contributed by atoms with van der Waals surface area (Å²) < 4.78 is 2.26. The predicted octanol–water partition coefficient (Wildman–Crippen LogP) is 11.1. The quantitative estimate of drug-likeness (QED) is 0.173. The second-order valence-electron chi connectivity index (χ2n) is 13.2. The van der Waals surface area contributed by atoms with E-state index in [9.17, 15) is 0 Å². The summed E-state index contributed by atoms with van der Waals surface area (Å²) in [4.78, 5) is 14.9. The summed E-state index contributed by atoms with van der Waals surface area (Å²) in [5, 5.41) is 3.47. The molecule has 1 aliphatic rings. The highest BCUT2D eigenvalue weighted by Crippen LogP contribution is 2.31. The molecule has 53 heavy (non-hydrogen) atoms. The molecule has 254 valence electrons. The summed E-state index contributed by atoms with van der Waals surface area (Å²) in [6.45, 7) is 2.16. The predicted molar refractivity (Wildman–Crippen MR) is 219 cm³/mol. The van der Waals surface area contributed by atoms with Gasteiger partial charge in [0.2, 0.25) is 0 Å². The van der Waals surface area contributed by atoms with Crippen LogP contribution < -0.4 is 5.32 Å². The number of amidine groups is 2. The van der Waals surface area contributed by atoms with Crippen molar-refractivity contribution in [3.05, 3.63) is 205 Å². The first-order valence-corrected chi connectivity index (χ1v) is 18.1. The summed E-state index contributed by atoms with van der Waals surface area (Å²) in [6, 6.07) is 63.8. The molecule has 1 N–H and O–H groups in total. The molecule has 0 fully saturated rings. The van der Waals surface area contributed by atoms with Gasteiger partial charge in [-0.1, -0.05) is 165 Å². The van der Waals surface area contributed by atoms with Gasteiger partial charge in [-0.2, -0.15) is 0 Å². The molecule has 8 aromatic rings. The fourth-order valence-electron chi connectivity index (χ4n) is 7.05. The molecule has 0 amide bonds. The Labute approximate surface area is 309 Å². The zero-order valence-electron chi connectivity index (χ0n) is 29.4. The van der Waals surface area contributed by atoms with E-state index in [0.717, 1.165) is 62.9 Å². The summed E-state index contributed by atoms with van der Waals surface area (Å²) in [5.41, 5.74) is 13.5. The highest BCUT2D eigenvalue weighted by Gasteiger charge is 2.20. The fraction of sp³-hybridized carbons (Fsp3) is 0.0625. The van der Waals surface area contributed by atoms with Gasteiger partial charge < -0.3 is 5.32 Å². The SMILES string of the molecule is CCc1nc2ccccc2n1-c1ccc(-c2ccc(-c3ccc(-c4ccc(C5N=C(c6ccccc6)NC(c6ccccc6)=N5)cc4)cc3)cc2)cc1. The molecule has 0 aliphatic carbocycles. The van der Waals surface area contributed by atoms with Crippen molar-refractivity contribution in [1.82, 2.24) is 14.9 Å². The van der Waals surface area contributed by atoms with Gasteiger partial charge in [-0.25, -0.2) is 15.0 Å². The van der Waals surface area contributed by atoms with Crippen LogP contribution in [0.5, 0.6) is 0 Å². The number of hydrogen-bond acceptors (Lipinski definition) is 4. The van der Waals surface area contributed by atoms with Crippen molar-refractivity contribution < 1.29 is 0 Å². The van der Waals surface area contributed by atoms with Gasteiger partial charge in [0.05, 0.1) is 11.0 Å². The minimum Gasteiger partial charge on any atom is -0.324 e. The van der Waals surface area contributed by atoms with Gasteiger partial charge in [-0.05, 0) is 63.2 Å². The second kappa shape index (κ2) is 14.0. The molecule has 7 aromatic carbocycles. The normalized spacial score (nSPS) is 13.0. The molecule has 0 radical (unpaired) electrons. The van der Waals surface area contributed by atoms with Gasteiger partial charge in [-0.3, -0.25) is 4.57 Å². The van der Waals surface area contributed by atoms with Crippen LogP contribution in [0.15, 0.2) is 192 Å². The maximum absolute atomic E-state index is 5.02. The molecule has 1 aliphatic heterocycles. The van der Waals surface area contributed by atoms with Crippen LogP contribution in [0, 0.1) is 0 Å². The number of benzene rings is 7. The van der Waals surface area contributed by atoms with Crippen LogP contribution in [0.25, 0.3) is 50.1 Å². The van der Waals surface area contributed by atoms with Gasteiger partial charge in [0.1, 0.15) is 17.5 Å². The van der Waals surface area contributed by atoms with E-state index < -0.39 is 0 Å². The Balaban J connectivity index is 0.915. The number of fused-ring (bicyclic) bond motifs is 1. The highest BCUT2D eigenvalue weighted by atomic mass is 15.2. The molecule has 0 unspecified atom stereocenters. The molecule has 1 aromatic heterocycles. The summed E-state index contributed by atoms with van der Waals surface area (Å²) in [6.07, 6.45) is 0.534. The zero-order valence-corrected chi connectivity index (χ0v) is 29.4. The van der Waals surface area contributed by atoms with Gasteiger partial charge in [0, 0.05) is 23.2 Å². The molecule has 0 saturated heterocycles. The number of para-hydroxylation sites is 2. The first-order chi connectivity index (χ1) is 26.2. The molecule has 5 nitrogen and oxygen atoms in total. The molecule has 2 heterocycles. The number of hydrogen-bond donors (Lipinski definition) is 1. The van der Waals surface area contributed by atoms with Crippen molar-refractivity contribution in [3.8, 4) is 39.1 Å². The number of imidazole rings is 1. The molecule has 0 atom stereocenters. The Bertz CT molecular complexity index is 2510. The first kappa shape index (κ1) is 32.1. The second-order valence-corrected chi connectivity index (χ2v) is 13.2. The van der Waals surface area contributed by atoms with E-state index >= 15 is 0 Å². The first-order valence-electron chi connectivity index (χ1n) is 18.1. The number of rotatable bonds is 8. The number of aliphatic imine (C=N–C) groups is 2. The lowest BCUT2D eigenvalue weighted by Crippen LogP contribution is -2.35. The van der Waals surface area contributed by atoms with E-state index in [1.54, 1.807) is 0 Å². The maximum atomic E-state index is 5.02. The lowest BCUT2D eigenvalue weighted by Gasteiger charge is -2.22. The topological polar surface area (TPSA) is 54.6 Å². The summed E-state index contributed by atoms with van der Waals surface area (Å²) in [5.74, 6) is 2.71. The van der Waals surface area contributed by atoms with E-state index in [1.807, 2.05) is 42.5 Å². The van der Waals surface area contributed by atoms with Crippen LogP contribution in [-0.4, -0.2) is 21.2 Å². The molecular weight excluding hydrogens is 647 g/mol. The lowest BCUT2D eigenvalue weighted by molar-refractivity contribution is 0.756. The van der Waals surface area contributed by atoms with Crippen LogP contribution in [0.3, 0.4) is 0 Å². The van der Waals surface area contributed by atoms with E-state index in [1.165, 1.54) is 27.8 Å². The molecule has 0 spiro atoms. The Morgan fingerprint density at radius 2 is 0.868 bits per heavy atom. The van der Waals surface area contributed by atoms with Gasteiger partial charge in [0.25, 0.3) is 0 Å². The van der Waals surface area contributed by atoms with Crippen LogP contribution >= 0.6 is 0 Å². The van der Waals surface area contributed by atoms with Crippen LogP contribution in [0.2, 0.25) is 0 Å². The van der Waals surface area contributed by atoms with E-state index in [2.05, 4.69) is 156 Å². The Morgan fingerprint density at radius 3 is 1.34 bits per heavy atom. The number of nitrogens with one attached hydrogen (secondary N) is 1. The average molecular weight is 684 g/mol. The van der Waals surface area contributed by atoms with Gasteiger partial charge in [-0.15, -0.1) is 0 Å². The van der Waals surface area contributed by atoms with E-state index in [0.29, 0.717) is 0 Å². The van der Waals surface area contributed by atoms with Crippen molar-refractivity contribution in [1.29, 1.82) is 0 Å². The fourth-order valence-corrected chi connectivity index (χ4v) is 7.05. The molecular formula is C48H37N5. The van der Waals surface area contributed by atoms with Crippen LogP contribution in [-0.2, 0) is 6.42 Å². The smallest absolute Gasteiger partial charge is 0.169 e. The van der Waals surface area contributed by atoms with Gasteiger partial charge >= 0.3 is 0 Å². The third-order valence-electron chi connectivity index (χ3n) is 9.88. The van der Waals surface area contributed by atoms with Crippen LogP contribution in [0.1, 0.15) is 35.6 Å².